The van der Waals surface area contributed by atoms with Gasteiger partial charge in [-0.2, -0.15) is 4.98 Å². The van der Waals surface area contributed by atoms with E-state index in [9.17, 15) is 4.79 Å². The zero-order valence-electron chi connectivity index (χ0n) is 16.9. The maximum absolute atomic E-state index is 12.8. The molecule has 152 valence electrons. The average molecular weight is 412 g/mol. The summed E-state index contributed by atoms with van der Waals surface area (Å²) in [6, 6.07) is 8.29. The number of nitrogens with one attached hydrogen (secondary N) is 1. The number of aryl methyl sites for hydroxylation is 2. The van der Waals surface area contributed by atoms with Gasteiger partial charge in [-0.15, -0.1) is 11.8 Å². The monoisotopic (exact) mass is 411 g/mol. The van der Waals surface area contributed by atoms with Crippen LogP contribution in [-0.2, 0) is 11.3 Å². The highest BCUT2D eigenvalue weighted by atomic mass is 32.2. The molecule has 7 nitrogen and oxygen atoms in total. The first kappa shape index (κ1) is 19.7. The molecule has 1 aromatic carbocycles. The Morgan fingerprint density at radius 1 is 1.28 bits per heavy atom. The molecular weight excluding hydrogens is 386 g/mol. The van der Waals surface area contributed by atoms with Crippen molar-refractivity contribution in [1.82, 2.24) is 20.4 Å². The van der Waals surface area contributed by atoms with Gasteiger partial charge in [0, 0.05) is 24.5 Å². The fraction of sp³-hybridized carbons (Fsp3) is 0.429. The molecule has 1 atom stereocenters. The summed E-state index contributed by atoms with van der Waals surface area (Å²) in [7, 11) is 0. The van der Waals surface area contributed by atoms with E-state index in [2.05, 4.69) is 55.9 Å². The van der Waals surface area contributed by atoms with Crippen molar-refractivity contribution in [2.45, 2.75) is 38.1 Å². The number of benzene rings is 1. The van der Waals surface area contributed by atoms with Crippen LogP contribution in [0.3, 0.4) is 0 Å². The third-order valence-corrected chi connectivity index (χ3v) is 6.06. The van der Waals surface area contributed by atoms with Gasteiger partial charge in [0.05, 0.1) is 11.6 Å². The van der Waals surface area contributed by atoms with E-state index in [1.165, 1.54) is 4.90 Å². The molecule has 1 aliphatic rings. The van der Waals surface area contributed by atoms with Crippen molar-refractivity contribution in [3.63, 3.8) is 0 Å². The van der Waals surface area contributed by atoms with Crippen molar-refractivity contribution in [2.75, 3.05) is 24.2 Å². The molecule has 0 radical (unpaired) electrons. The van der Waals surface area contributed by atoms with E-state index in [0.717, 1.165) is 41.8 Å². The molecule has 0 bridgehead atoms. The van der Waals surface area contributed by atoms with Gasteiger partial charge >= 0.3 is 0 Å². The van der Waals surface area contributed by atoms with Crippen LogP contribution in [0.1, 0.15) is 29.9 Å². The number of nitrogens with zero attached hydrogens (tertiary/aromatic N) is 4. The molecule has 4 rings (SSSR count). The second kappa shape index (κ2) is 8.41. The maximum atomic E-state index is 12.8. The zero-order chi connectivity index (χ0) is 20.4. The van der Waals surface area contributed by atoms with Gasteiger partial charge < -0.3 is 14.7 Å². The van der Waals surface area contributed by atoms with Crippen molar-refractivity contribution in [2.24, 2.45) is 5.92 Å². The Bertz CT molecular complexity index is 1020. The lowest BCUT2D eigenvalue weighted by atomic mass is 9.96. The van der Waals surface area contributed by atoms with Gasteiger partial charge in [0.25, 0.3) is 5.71 Å². The Balaban J connectivity index is 1.45. The molecule has 1 fully saturated rings. The van der Waals surface area contributed by atoms with Gasteiger partial charge in [-0.1, -0.05) is 17.3 Å². The van der Waals surface area contributed by atoms with E-state index in [0.29, 0.717) is 24.6 Å². The summed E-state index contributed by atoms with van der Waals surface area (Å²) < 4.78 is 5.33. The molecule has 0 aliphatic carbocycles. The van der Waals surface area contributed by atoms with Gasteiger partial charge in [-0.05, 0) is 50.6 Å². The molecule has 29 heavy (non-hydrogen) atoms. The number of hydrogen-bond acceptors (Lipinski definition) is 7. The Kier molecular flexibility index (Phi) is 5.71. The zero-order valence-corrected chi connectivity index (χ0v) is 17.8. The third kappa shape index (κ3) is 4.22. The number of thioether (sulfide) groups is 1. The third-order valence-electron chi connectivity index (χ3n) is 5.32. The van der Waals surface area contributed by atoms with Gasteiger partial charge in [0.15, 0.2) is 0 Å². The summed E-state index contributed by atoms with van der Waals surface area (Å²) in [5.41, 5.74) is 2.39. The molecule has 3 heterocycles. The molecule has 2 aromatic heterocycles. The SMILES string of the molecule is CSc1ccc(CNC(=O)[C@@H]2CCCN(c3nc(C)nc4onc(C)c34)C2)cc1. The maximum Gasteiger partial charge on any atom is 0.263 e. The minimum Gasteiger partial charge on any atom is -0.355 e. The number of amides is 1. The summed E-state index contributed by atoms with van der Waals surface area (Å²) >= 11 is 1.71. The van der Waals surface area contributed by atoms with E-state index in [1.54, 1.807) is 11.8 Å². The molecule has 0 unspecified atom stereocenters. The smallest absolute Gasteiger partial charge is 0.263 e. The number of carbonyl (C=O) groups excluding carboxylic acids is 1. The molecule has 0 spiro atoms. The largest absolute Gasteiger partial charge is 0.355 e. The molecule has 1 N–H and O–H groups in total. The van der Waals surface area contributed by atoms with Crippen LogP contribution in [0.25, 0.3) is 11.1 Å². The Morgan fingerprint density at radius 3 is 2.83 bits per heavy atom. The number of piperidine rings is 1. The highest BCUT2D eigenvalue weighted by Crippen LogP contribution is 2.30. The van der Waals surface area contributed by atoms with Crippen LogP contribution in [-0.4, -0.2) is 40.4 Å². The topological polar surface area (TPSA) is 84.2 Å². The molecule has 3 aromatic rings. The summed E-state index contributed by atoms with van der Waals surface area (Å²) in [4.78, 5) is 25.2. The molecule has 1 amide bonds. The van der Waals surface area contributed by atoms with E-state index in [-0.39, 0.29) is 11.8 Å². The van der Waals surface area contributed by atoms with Crippen molar-refractivity contribution in [1.29, 1.82) is 0 Å². The lowest BCUT2D eigenvalue weighted by Crippen LogP contribution is -2.43. The van der Waals surface area contributed by atoms with Crippen LogP contribution in [0.15, 0.2) is 33.7 Å². The lowest BCUT2D eigenvalue weighted by molar-refractivity contribution is -0.125. The van der Waals surface area contributed by atoms with Crippen LogP contribution in [0.4, 0.5) is 5.82 Å². The summed E-state index contributed by atoms with van der Waals surface area (Å²) in [5, 5.41) is 7.97. The highest BCUT2D eigenvalue weighted by molar-refractivity contribution is 7.98. The number of anilines is 1. The summed E-state index contributed by atoms with van der Waals surface area (Å²) in [5.74, 6) is 1.48. The second-order valence-electron chi connectivity index (χ2n) is 7.39. The van der Waals surface area contributed by atoms with Gasteiger partial charge in [-0.3, -0.25) is 4.79 Å². The summed E-state index contributed by atoms with van der Waals surface area (Å²) in [6.45, 7) is 5.77. The Morgan fingerprint density at radius 2 is 2.07 bits per heavy atom. The average Bonchev–Trinajstić information content (AvgIpc) is 3.12. The predicted octanol–water partition coefficient (Wildman–Crippen LogP) is 3.49. The highest BCUT2D eigenvalue weighted by Gasteiger charge is 2.28. The minimum atomic E-state index is -0.0697. The Labute approximate surface area is 174 Å². The predicted molar refractivity (Wildman–Crippen MR) is 114 cm³/mol. The van der Waals surface area contributed by atoms with Gasteiger partial charge in [0.2, 0.25) is 5.91 Å². The molecule has 1 saturated heterocycles. The van der Waals surface area contributed by atoms with Crippen LogP contribution >= 0.6 is 11.8 Å². The number of rotatable bonds is 5. The number of hydrogen-bond donors (Lipinski definition) is 1. The molecule has 1 aliphatic heterocycles. The minimum absolute atomic E-state index is 0.0697. The van der Waals surface area contributed by atoms with Crippen molar-refractivity contribution in [3.05, 3.63) is 41.3 Å². The van der Waals surface area contributed by atoms with E-state index in [1.807, 2.05) is 13.8 Å². The number of carbonyl (C=O) groups is 1. The van der Waals surface area contributed by atoms with Gasteiger partial charge in [0.1, 0.15) is 17.0 Å². The quantitative estimate of drug-likeness (QED) is 0.643. The molecule has 8 heteroatoms. The van der Waals surface area contributed by atoms with E-state index >= 15 is 0 Å². The standard InChI is InChI=1S/C21H25N5O2S/c1-13-18-19(23-14(2)24-21(18)28-25-13)26-10-4-5-16(12-26)20(27)22-11-15-6-8-17(29-3)9-7-15/h6-9,16H,4-5,10-12H2,1-3H3,(H,22,27)/t16-/m1/s1. The van der Waals surface area contributed by atoms with Gasteiger partial charge in [-0.25, -0.2) is 4.98 Å². The van der Waals surface area contributed by atoms with Crippen molar-refractivity contribution < 1.29 is 9.32 Å². The van der Waals surface area contributed by atoms with Crippen LogP contribution in [0, 0.1) is 19.8 Å². The van der Waals surface area contributed by atoms with Crippen LogP contribution in [0.2, 0.25) is 0 Å². The van der Waals surface area contributed by atoms with Crippen molar-refractivity contribution >= 4 is 34.6 Å². The number of fused-ring (bicyclic) bond motifs is 1. The first-order chi connectivity index (χ1) is 14.0. The Hall–Kier alpha value is -2.61. The van der Waals surface area contributed by atoms with Crippen LogP contribution < -0.4 is 10.2 Å². The molecular formula is C21H25N5O2S. The number of aromatic nitrogens is 3. The fourth-order valence-electron chi connectivity index (χ4n) is 3.76. The van der Waals surface area contributed by atoms with Crippen LogP contribution in [0.5, 0.6) is 0 Å². The summed E-state index contributed by atoms with van der Waals surface area (Å²) in [6.07, 6.45) is 3.87. The first-order valence-electron chi connectivity index (χ1n) is 9.81. The second-order valence-corrected chi connectivity index (χ2v) is 8.27. The van der Waals surface area contributed by atoms with E-state index < -0.39 is 0 Å². The first-order valence-corrected chi connectivity index (χ1v) is 11.0. The normalized spacial score (nSPS) is 16.9. The van der Waals surface area contributed by atoms with Crippen molar-refractivity contribution in [3.8, 4) is 0 Å². The van der Waals surface area contributed by atoms with E-state index in [4.69, 9.17) is 4.52 Å². The fourth-order valence-corrected chi connectivity index (χ4v) is 4.17. The molecule has 0 saturated carbocycles. The lowest BCUT2D eigenvalue weighted by Gasteiger charge is -2.33.